The van der Waals surface area contributed by atoms with E-state index in [4.69, 9.17) is 0 Å². The second kappa shape index (κ2) is 1.97. The van der Waals surface area contributed by atoms with E-state index in [0.717, 1.165) is 6.42 Å². The van der Waals surface area contributed by atoms with Gasteiger partial charge in [-0.05, 0) is 36.0 Å². The van der Waals surface area contributed by atoms with Gasteiger partial charge in [-0.3, -0.25) is 0 Å². The van der Waals surface area contributed by atoms with Gasteiger partial charge in [-0.25, -0.2) is 8.42 Å². The molecule has 0 aromatic rings. The Morgan fingerprint density at radius 2 is 2.08 bits per heavy atom. The molecule has 3 heteroatoms. The van der Waals surface area contributed by atoms with Crippen LogP contribution < -0.4 is 0 Å². The number of hydrogen-bond donors (Lipinski definition) is 0. The molecule has 0 N–H and O–H groups in total. The van der Waals surface area contributed by atoms with Crippen LogP contribution in [0.4, 0.5) is 0 Å². The molecule has 1 aliphatic heterocycles. The first kappa shape index (κ1) is 8.27. The summed E-state index contributed by atoms with van der Waals surface area (Å²) in [5.41, 5.74) is 0.156. The van der Waals surface area contributed by atoms with Crippen molar-refractivity contribution in [3.63, 3.8) is 0 Å². The summed E-state index contributed by atoms with van der Waals surface area (Å²) in [5, 5.41) is 0.0196. The Bertz CT molecular complexity index is 359. The van der Waals surface area contributed by atoms with Crippen molar-refractivity contribution in [1.29, 1.82) is 0 Å². The Morgan fingerprint density at radius 1 is 1.38 bits per heavy atom. The molecule has 3 fully saturated rings. The number of hydrogen-bond acceptors (Lipinski definition) is 2. The van der Waals surface area contributed by atoms with Gasteiger partial charge in [-0.15, -0.1) is 0 Å². The zero-order chi connectivity index (χ0) is 9.43. The molecule has 0 aromatic carbocycles. The quantitative estimate of drug-likeness (QED) is 0.593. The maximum Gasteiger partial charge on any atom is 0.154 e. The van der Waals surface area contributed by atoms with E-state index >= 15 is 0 Å². The molecule has 3 rings (SSSR count). The lowest BCUT2D eigenvalue weighted by molar-refractivity contribution is 0.205. The third kappa shape index (κ3) is 0.741. The summed E-state index contributed by atoms with van der Waals surface area (Å²) < 4.78 is 23.7. The van der Waals surface area contributed by atoms with Crippen LogP contribution in [0.1, 0.15) is 26.7 Å². The van der Waals surface area contributed by atoms with Gasteiger partial charge in [0.05, 0.1) is 11.0 Å². The fraction of sp³-hybridized carbons (Fsp3) is 1.00. The van der Waals surface area contributed by atoms with Gasteiger partial charge in [0.2, 0.25) is 0 Å². The second-order valence-electron chi connectivity index (χ2n) is 5.49. The van der Waals surface area contributed by atoms with Crippen LogP contribution >= 0.6 is 0 Å². The van der Waals surface area contributed by atoms with Crippen molar-refractivity contribution in [1.82, 2.24) is 0 Å². The SMILES string of the molecule is CC1C2CC3C(C)(C2)C1CS3(=O)=O. The van der Waals surface area contributed by atoms with Crippen molar-refractivity contribution in [2.45, 2.75) is 31.9 Å². The van der Waals surface area contributed by atoms with Crippen LogP contribution in [0.2, 0.25) is 0 Å². The minimum atomic E-state index is -2.72. The van der Waals surface area contributed by atoms with Crippen LogP contribution in [0.25, 0.3) is 0 Å². The Kier molecular flexibility index (Phi) is 1.26. The highest BCUT2D eigenvalue weighted by molar-refractivity contribution is 7.92. The first-order valence-electron chi connectivity index (χ1n) is 5.17. The Balaban J connectivity index is 2.18. The Labute approximate surface area is 79.6 Å². The first-order chi connectivity index (χ1) is 5.95. The fourth-order valence-electron chi connectivity index (χ4n) is 4.31. The molecular weight excluding hydrogens is 184 g/mol. The van der Waals surface area contributed by atoms with E-state index in [2.05, 4.69) is 13.8 Å². The van der Waals surface area contributed by atoms with Crippen LogP contribution in [0, 0.1) is 23.2 Å². The van der Waals surface area contributed by atoms with Crippen molar-refractivity contribution < 1.29 is 8.42 Å². The van der Waals surface area contributed by atoms with E-state index in [1.807, 2.05) is 0 Å². The molecule has 0 radical (unpaired) electrons. The summed E-state index contributed by atoms with van der Waals surface area (Å²) in [6, 6.07) is 0. The van der Waals surface area contributed by atoms with Crippen molar-refractivity contribution in [2.75, 3.05) is 5.75 Å². The van der Waals surface area contributed by atoms with Gasteiger partial charge < -0.3 is 0 Å². The van der Waals surface area contributed by atoms with E-state index in [-0.39, 0.29) is 10.7 Å². The molecular formula is C10H16O2S. The summed E-state index contributed by atoms with van der Waals surface area (Å²) in [5.74, 6) is 2.31. The van der Waals surface area contributed by atoms with Gasteiger partial charge in [-0.2, -0.15) is 0 Å². The smallest absolute Gasteiger partial charge is 0.154 e. The van der Waals surface area contributed by atoms with Gasteiger partial charge in [-0.1, -0.05) is 13.8 Å². The predicted molar refractivity (Wildman–Crippen MR) is 51.1 cm³/mol. The molecule has 0 amide bonds. The number of rotatable bonds is 0. The second-order valence-corrected chi connectivity index (χ2v) is 7.72. The highest BCUT2D eigenvalue weighted by Gasteiger charge is 2.67. The molecule has 3 aliphatic rings. The fourth-order valence-corrected chi connectivity index (χ4v) is 7.36. The van der Waals surface area contributed by atoms with Crippen molar-refractivity contribution in [3.8, 4) is 0 Å². The standard InChI is InChI=1S/C10H16O2S/c1-6-7-3-9-10(2,4-7)8(6)5-13(9,11)12/h6-9H,3-5H2,1-2H3. The van der Waals surface area contributed by atoms with E-state index < -0.39 is 9.84 Å². The zero-order valence-corrected chi connectivity index (χ0v) is 8.97. The zero-order valence-electron chi connectivity index (χ0n) is 8.16. The minimum Gasteiger partial charge on any atom is -0.229 e. The molecule has 5 unspecified atom stereocenters. The van der Waals surface area contributed by atoms with Gasteiger partial charge in [0.25, 0.3) is 0 Å². The maximum absolute atomic E-state index is 11.8. The van der Waals surface area contributed by atoms with Gasteiger partial charge in [0.1, 0.15) is 0 Å². The van der Waals surface area contributed by atoms with Gasteiger partial charge in [0, 0.05) is 0 Å². The summed E-state index contributed by atoms with van der Waals surface area (Å²) >= 11 is 0. The van der Waals surface area contributed by atoms with Crippen LogP contribution in [-0.4, -0.2) is 19.4 Å². The monoisotopic (exact) mass is 200 g/mol. The van der Waals surface area contributed by atoms with Gasteiger partial charge >= 0.3 is 0 Å². The van der Waals surface area contributed by atoms with E-state index in [1.54, 1.807) is 0 Å². The third-order valence-corrected chi connectivity index (χ3v) is 7.45. The summed E-state index contributed by atoms with van der Waals surface area (Å²) in [6.07, 6.45) is 2.12. The lowest BCUT2D eigenvalue weighted by Crippen LogP contribution is -2.32. The summed E-state index contributed by atoms with van der Waals surface area (Å²) in [4.78, 5) is 0. The van der Waals surface area contributed by atoms with Crippen molar-refractivity contribution >= 4 is 9.84 Å². The summed E-state index contributed by atoms with van der Waals surface area (Å²) in [6.45, 7) is 4.45. The average Bonchev–Trinajstić information content (AvgIpc) is 2.49. The lowest BCUT2D eigenvalue weighted by Gasteiger charge is -2.30. The molecule has 2 aliphatic carbocycles. The molecule has 74 valence electrons. The normalized spacial score (nSPS) is 61.7. The Hall–Kier alpha value is -0.0500. The topological polar surface area (TPSA) is 34.1 Å². The molecule has 2 bridgehead atoms. The molecule has 0 spiro atoms. The molecule has 2 nitrogen and oxygen atoms in total. The highest BCUT2D eigenvalue weighted by atomic mass is 32.2. The molecule has 13 heavy (non-hydrogen) atoms. The molecule has 2 saturated carbocycles. The summed E-state index contributed by atoms with van der Waals surface area (Å²) in [7, 11) is -2.72. The van der Waals surface area contributed by atoms with E-state index in [1.165, 1.54) is 6.42 Å². The Morgan fingerprint density at radius 3 is 2.62 bits per heavy atom. The van der Waals surface area contributed by atoms with Crippen molar-refractivity contribution in [3.05, 3.63) is 0 Å². The average molecular weight is 200 g/mol. The molecule has 1 saturated heterocycles. The maximum atomic E-state index is 11.8. The van der Waals surface area contributed by atoms with Crippen LogP contribution in [0.15, 0.2) is 0 Å². The molecule has 0 aromatic heterocycles. The highest BCUT2D eigenvalue weighted by Crippen LogP contribution is 2.66. The minimum absolute atomic E-state index is 0.0196. The lowest BCUT2D eigenvalue weighted by atomic mass is 9.73. The van der Waals surface area contributed by atoms with Gasteiger partial charge in [0.15, 0.2) is 9.84 Å². The van der Waals surface area contributed by atoms with E-state index in [9.17, 15) is 8.42 Å². The first-order valence-corrected chi connectivity index (χ1v) is 6.88. The predicted octanol–water partition coefficient (Wildman–Crippen LogP) is 1.47. The number of fused-ring (bicyclic) bond motifs is 1. The van der Waals surface area contributed by atoms with Crippen molar-refractivity contribution in [2.24, 2.45) is 23.2 Å². The van der Waals surface area contributed by atoms with Crippen LogP contribution in [0.5, 0.6) is 0 Å². The number of sulfone groups is 1. The van der Waals surface area contributed by atoms with Crippen LogP contribution in [0.3, 0.4) is 0 Å². The largest absolute Gasteiger partial charge is 0.229 e. The molecule has 5 atom stereocenters. The molecule has 1 heterocycles. The third-order valence-electron chi connectivity index (χ3n) is 5.03. The van der Waals surface area contributed by atoms with E-state index in [0.29, 0.717) is 23.5 Å². The van der Waals surface area contributed by atoms with Crippen LogP contribution in [-0.2, 0) is 9.84 Å².